The molecule has 2 unspecified atom stereocenters. The van der Waals surface area contributed by atoms with E-state index in [2.05, 4.69) is 5.32 Å². The van der Waals surface area contributed by atoms with Gasteiger partial charge in [-0.05, 0) is 31.7 Å². The van der Waals surface area contributed by atoms with E-state index in [1.165, 1.54) is 12.8 Å². The summed E-state index contributed by atoms with van der Waals surface area (Å²) in [6.07, 6.45) is 6.01. The Labute approximate surface area is 124 Å². The first kappa shape index (κ1) is 13.3. The molecule has 1 amide bonds. The van der Waals surface area contributed by atoms with E-state index in [1.54, 1.807) is 0 Å². The third-order valence-corrected chi connectivity index (χ3v) is 5.53. The summed E-state index contributed by atoms with van der Waals surface area (Å²) in [5, 5.41) is 14.0. The van der Waals surface area contributed by atoms with Crippen LogP contribution in [0.1, 0.15) is 44.1 Å². The van der Waals surface area contributed by atoms with E-state index in [9.17, 15) is 9.90 Å². The summed E-state index contributed by atoms with van der Waals surface area (Å²) < 4.78 is 6.04. The summed E-state index contributed by atoms with van der Waals surface area (Å²) in [4.78, 5) is 12.5. The molecule has 0 bridgehead atoms. The zero-order valence-corrected chi connectivity index (χ0v) is 12.1. The van der Waals surface area contributed by atoms with E-state index < -0.39 is 5.60 Å². The lowest BCUT2D eigenvalue weighted by Gasteiger charge is -2.43. The Morgan fingerprint density at radius 2 is 2.00 bits per heavy atom. The Kier molecular flexibility index (Phi) is 2.88. The topological polar surface area (TPSA) is 58.6 Å². The largest absolute Gasteiger partial charge is 0.375 e. The van der Waals surface area contributed by atoms with Crippen molar-refractivity contribution >= 4 is 11.6 Å². The number of anilines is 1. The standard InChI is InChI=1S/C17H21NO3/c19-15-17(20,13-5-1-2-6-14(13)18-15)12-7-10-21-16(11-12)8-3-4-9-16/h1-2,5-6,12,20H,3-4,7-11H2,(H,18,19). The van der Waals surface area contributed by atoms with Gasteiger partial charge in [-0.1, -0.05) is 31.0 Å². The SMILES string of the molecule is O=C1Nc2ccccc2C1(O)C1CCOC2(CCCC2)C1. The lowest BCUT2D eigenvalue weighted by molar-refractivity contribution is -0.160. The number of amides is 1. The number of benzene rings is 1. The number of aliphatic hydroxyl groups is 1. The van der Waals surface area contributed by atoms with Crippen molar-refractivity contribution in [2.75, 3.05) is 11.9 Å². The fraction of sp³-hybridized carbons (Fsp3) is 0.588. The number of para-hydroxylation sites is 1. The number of fused-ring (bicyclic) bond motifs is 1. The molecule has 21 heavy (non-hydrogen) atoms. The second-order valence-corrected chi connectivity index (χ2v) is 6.69. The summed E-state index contributed by atoms with van der Waals surface area (Å²) in [5.41, 5.74) is -0.0149. The van der Waals surface area contributed by atoms with Gasteiger partial charge in [-0.3, -0.25) is 4.79 Å². The molecular weight excluding hydrogens is 266 g/mol. The molecule has 4 heteroatoms. The molecule has 1 spiro atoms. The number of nitrogens with one attached hydrogen (secondary N) is 1. The maximum Gasteiger partial charge on any atom is 0.261 e. The van der Waals surface area contributed by atoms with Gasteiger partial charge >= 0.3 is 0 Å². The summed E-state index contributed by atoms with van der Waals surface area (Å²) >= 11 is 0. The van der Waals surface area contributed by atoms with Gasteiger partial charge in [0.1, 0.15) is 0 Å². The molecule has 2 atom stereocenters. The third kappa shape index (κ3) is 1.86. The van der Waals surface area contributed by atoms with Crippen molar-refractivity contribution in [1.82, 2.24) is 0 Å². The van der Waals surface area contributed by atoms with Gasteiger partial charge in [0.25, 0.3) is 5.91 Å². The molecule has 2 N–H and O–H groups in total. The van der Waals surface area contributed by atoms with Crippen LogP contribution in [0.15, 0.2) is 24.3 Å². The first-order chi connectivity index (χ1) is 10.1. The minimum Gasteiger partial charge on any atom is -0.375 e. The predicted molar refractivity (Wildman–Crippen MR) is 78.8 cm³/mol. The van der Waals surface area contributed by atoms with Crippen LogP contribution >= 0.6 is 0 Å². The average molecular weight is 287 g/mol. The summed E-state index contributed by atoms with van der Waals surface area (Å²) in [7, 11) is 0. The minimum absolute atomic E-state index is 0.0620. The van der Waals surface area contributed by atoms with Crippen LogP contribution in [-0.2, 0) is 15.1 Å². The highest BCUT2D eigenvalue weighted by Gasteiger charge is 2.54. The molecule has 1 saturated heterocycles. The number of hydrogen-bond acceptors (Lipinski definition) is 3. The Morgan fingerprint density at radius 3 is 2.81 bits per heavy atom. The van der Waals surface area contributed by atoms with Crippen molar-refractivity contribution in [2.45, 2.75) is 49.7 Å². The second kappa shape index (κ2) is 4.55. The summed E-state index contributed by atoms with van der Waals surface area (Å²) in [6, 6.07) is 7.49. The first-order valence-corrected chi connectivity index (χ1v) is 7.91. The van der Waals surface area contributed by atoms with Crippen LogP contribution in [0.5, 0.6) is 0 Å². The molecule has 1 aromatic carbocycles. The van der Waals surface area contributed by atoms with Gasteiger partial charge in [0.05, 0.1) is 5.60 Å². The van der Waals surface area contributed by atoms with Gasteiger partial charge in [-0.25, -0.2) is 0 Å². The van der Waals surface area contributed by atoms with Crippen LogP contribution in [0.4, 0.5) is 5.69 Å². The fourth-order valence-corrected chi connectivity index (χ4v) is 4.42. The van der Waals surface area contributed by atoms with Crippen LogP contribution in [0.25, 0.3) is 0 Å². The van der Waals surface area contributed by atoms with Gasteiger partial charge in [0, 0.05) is 23.8 Å². The maximum absolute atomic E-state index is 12.5. The molecule has 0 radical (unpaired) electrons. The molecular formula is C17H21NO3. The second-order valence-electron chi connectivity index (χ2n) is 6.69. The van der Waals surface area contributed by atoms with E-state index in [1.807, 2.05) is 24.3 Å². The van der Waals surface area contributed by atoms with Gasteiger partial charge in [-0.2, -0.15) is 0 Å². The van der Waals surface area contributed by atoms with Crippen molar-refractivity contribution in [2.24, 2.45) is 5.92 Å². The number of hydrogen-bond donors (Lipinski definition) is 2. The van der Waals surface area contributed by atoms with Crippen LogP contribution < -0.4 is 5.32 Å². The van der Waals surface area contributed by atoms with Crippen LogP contribution in [0.3, 0.4) is 0 Å². The normalized spacial score (nSPS) is 34.0. The Balaban J connectivity index is 1.70. The van der Waals surface area contributed by atoms with Crippen LogP contribution in [-0.4, -0.2) is 23.2 Å². The van der Waals surface area contributed by atoms with Crippen molar-refractivity contribution in [1.29, 1.82) is 0 Å². The van der Waals surface area contributed by atoms with Gasteiger partial charge in [0.2, 0.25) is 0 Å². The molecule has 2 aliphatic heterocycles. The van der Waals surface area contributed by atoms with E-state index in [0.29, 0.717) is 6.61 Å². The third-order valence-electron chi connectivity index (χ3n) is 5.53. The molecule has 1 aromatic rings. The molecule has 2 heterocycles. The monoisotopic (exact) mass is 287 g/mol. The Bertz CT molecular complexity index is 579. The van der Waals surface area contributed by atoms with Crippen molar-refractivity contribution in [3.05, 3.63) is 29.8 Å². The number of ether oxygens (including phenoxy) is 1. The van der Waals surface area contributed by atoms with Crippen LogP contribution in [0, 0.1) is 5.92 Å². The maximum atomic E-state index is 12.5. The molecule has 3 aliphatic rings. The summed E-state index contributed by atoms with van der Waals surface area (Å²) in [6.45, 7) is 0.641. The molecule has 0 aromatic heterocycles. The van der Waals surface area contributed by atoms with E-state index >= 15 is 0 Å². The average Bonchev–Trinajstić information content (AvgIpc) is 3.04. The highest BCUT2D eigenvalue weighted by Crippen LogP contribution is 2.50. The zero-order chi connectivity index (χ0) is 14.5. The van der Waals surface area contributed by atoms with Gasteiger partial charge < -0.3 is 15.2 Å². The van der Waals surface area contributed by atoms with E-state index in [-0.39, 0.29) is 17.4 Å². The lowest BCUT2D eigenvalue weighted by atomic mass is 9.72. The van der Waals surface area contributed by atoms with Crippen molar-refractivity contribution in [3.8, 4) is 0 Å². The quantitative estimate of drug-likeness (QED) is 0.834. The Morgan fingerprint density at radius 1 is 1.24 bits per heavy atom. The van der Waals surface area contributed by atoms with Gasteiger partial charge in [-0.15, -0.1) is 0 Å². The van der Waals surface area contributed by atoms with E-state index in [4.69, 9.17) is 4.74 Å². The van der Waals surface area contributed by atoms with Crippen molar-refractivity contribution in [3.63, 3.8) is 0 Å². The highest BCUT2D eigenvalue weighted by molar-refractivity contribution is 6.05. The van der Waals surface area contributed by atoms with Crippen molar-refractivity contribution < 1.29 is 14.6 Å². The molecule has 4 rings (SSSR count). The first-order valence-electron chi connectivity index (χ1n) is 7.91. The highest BCUT2D eigenvalue weighted by atomic mass is 16.5. The molecule has 112 valence electrons. The number of carbonyl (C=O) groups excluding carboxylic acids is 1. The molecule has 1 saturated carbocycles. The van der Waals surface area contributed by atoms with Crippen LogP contribution in [0.2, 0.25) is 0 Å². The number of carbonyl (C=O) groups is 1. The molecule has 4 nitrogen and oxygen atoms in total. The fourth-order valence-electron chi connectivity index (χ4n) is 4.42. The molecule has 1 aliphatic carbocycles. The Hall–Kier alpha value is -1.39. The lowest BCUT2D eigenvalue weighted by Crippen LogP contribution is -2.49. The van der Waals surface area contributed by atoms with E-state index in [0.717, 1.165) is 36.9 Å². The number of rotatable bonds is 1. The predicted octanol–water partition coefficient (Wildman–Crippen LogP) is 2.57. The molecule has 2 fully saturated rings. The van der Waals surface area contributed by atoms with Gasteiger partial charge in [0.15, 0.2) is 5.60 Å². The smallest absolute Gasteiger partial charge is 0.261 e. The summed E-state index contributed by atoms with van der Waals surface area (Å²) in [5.74, 6) is -0.336. The zero-order valence-electron chi connectivity index (χ0n) is 12.1. The minimum atomic E-state index is -1.39.